The molecular formula is C13H12Br2N2O. The van der Waals surface area contributed by atoms with Gasteiger partial charge in [0, 0.05) is 17.2 Å². The summed E-state index contributed by atoms with van der Waals surface area (Å²) in [6, 6.07) is 9.77. The van der Waals surface area contributed by atoms with Crippen molar-refractivity contribution in [2.45, 2.75) is 13.2 Å². The standard InChI is InChI=1S/C13H12Br2N2O/c14-11-5-12(15)13(17-7-11)16-6-9-1-3-10(8-18)4-2-9/h1-5,7,18H,6,8H2,(H,16,17). The van der Waals surface area contributed by atoms with Gasteiger partial charge in [0.05, 0.1) is 11.1 Å². The van der Waals surface area contributed by atoms with Crippen LogP contribution in [-0.4, -0.2) is 10.1 Å². The molecule has 0 aliphatic rings. The van der Waals surface area contributed by atoms with Gasteiger partial charge in [-0.3, -0.25) is 0 Å². The number of pyridine rings is 1. The number of rotatable bonds is 4. The summed E-state index contributed by atoms with van der Waals surface area (Å²) in [6.07, 6.45) is 1.75. The van der Waals surface area contributed by atoms with E-state index in [2.05, 4.69) is 42.2 Å². The van der Waals surface area contributed by atoms with E-state index in [0.29, 0.717) is 6.54 Å². The van der Waals surface area contributed by atoms with Gasteiger partial charge in [0.25, 0.3) is 0 Å². The average Bonchev–Trinajstić information content (AvgIpc) is 2.38. The van der Waals surface area contributed by atoms with Gasteiger partial charge in [0.2, 0.25) is 0 Å². The molecule has 1 aromatic carbocycles. The van der Waals surface area contributed by atoms with Crippen LogP contribution in [0.5, 0.6) is 0 Å². The number of anilines is 1. The summed E-state index contributed by atoms with van der Waals surface area (Å²) >= 11 is 6.82. The Morgan fingerprint density at radius 1 is 1.11 bits per heavy atom. The van der Waals surface area contributed by atoms with Crippen LogP contribution in [0, 0.1) is 0 Å². The van der Waals surface area contributed by atoms with Crippen LogP contribution in [0.1, 0.15) is 11.1 Å². The molecular weight excluding hydrogens is 360 g/mol. The third-order valence-corrected chi connectivity index (χ3v) is 3.51. The first-order valence-electron chi connectivity index (χ1n) is 5.42. The molecule has 2 N–H and O–H groups in total. The Balaban J connectivity index is 2.02. The molecule has 5 heteroatoms. The van der Waals surface area contributed by atoms with E-state index in [1.165, 1.54) is 0 Å². The van der Waals surface area contributed by atoms with Crippen molar-refractivity contribution in [2.75, 3.05) is 5.32 Å². The van der Waals surface area contributed by atoms with Crippen LogP contribution in [0.3, 0.4) is 0 Å². The Hall–Kier alpha value is -0.910. The molecule has 0 amide bonds. The molecule has 0 fully saturated rings. The maximum absolute atomic E-state index is 8.96. The zero-order valence-electron chi connectivity index (χ0n) is 9.53. The maximum Gasteiger partial charge on any atom is 0.140 e. The van der Waals surface area contributed by atoms with Crippen LogP contribution in [0.15, 0.2) is 45.5 Å². The van der Waals surface area contributed by atoms with Crippen LogP contribution >= 0.6 is 31.9 Å². The highest BCUT2D eigenvalue weighted by atomic mass is 79.9. The summed E-state index contributed by atoms with van der Waals surface area (Å²) in [6.45, 7) is 0.770. The Kier molecular flexibility index (Phi) is 4.74. The number of hydrogen-bond donors (Lipinski definition) is 2. The molecule has 0 radical (unpaired) electrons. The topological polar surface area (TPSA) is 45.1 Å². The molecule has 0 saturated carbocycles. The van der Waals surface area contributed by atoms with Crippen LogP contribution in [0.25, 0.3) is 0 Å². The van der Waals surface area contributed by atoms with E-state index in [-0.39, 0.29) is 6.61 Å². The Morgan fingerprint density at radius 2 is 1.78 bits per heavy atom. The highest BCUT2D eigenvalue weighted by Crippen LogP contribution is 2.23. The summed E-state index contributed by atoms with van der Waals surface area (Å²) in [5.41, 5.74) is 2.06. The summed E-state index contributed by atoms with van der Waals surface area (Å²) in [5, 5.41) is 12.2. The molecule has 0 bridgehead atoms. The first-order chi connectivity index (χ1) is 8.69. The fraction of sp³-hybridized carbons (Fsp3) is 0.154. The van der Waals surface area contributed by atoms with Crippen molar-refractivity contribution in [2.24, 2.45) is 0 Å². The minimum absolute atomic E-state index is 0.0769. The van der Waals surface area contributed by atoms with Gasteiger partial charge in [-0.15, -0.1) is 0 Å². The largest absolute Gasteiger partial charge is 0.392 e. The summed E-state index contributed by atoms with van der Waals surface area (Å²) in [7, 11) is 0. The normalized spacial score (nSPS) is 10.4. The minimum atomic E-state index is 0.0769. The summed E-state index contributed by atoms with van der Waals surface area (Å²) < 4.78 is 1.86. The molecule has 18 heavy (non-hydrogen) atoms. The van der Waals surface area contributed by atoms with E-state index in [0.717, 1.165) is 25.9 Å². The predicted octanol–water partition coefficient (Wildman–Crippen LogP) is 3.71. The average molecular weight is 372 g/mol. The molecule has 0 saturated heterocycles. The fourth-order valence-corrected chi connectivity index (χ4v) is 2.62. The van der Waals surface area contributed by atoms with E-state index in [1.54, 1.807) is 6.20 Å². The van der Waals surface area contributed by atoms with E-state index in [4.69, 9.17) is 5.11 Å². The molecule has 0 aliphatic carbocycles. The van der Waals surface area contributed by atoms with Crippen molar-refractivity contribution in [1.29, 1.82) is 0 Å². The molecule has 0 unspecified atom stereocenters. The second-order valence-corrected chi connectivity index (χ2v) is 5.58. The number of nitrogens with zero attached hydrogens (tertiary/aromatic N) is 1. The van der Waals surface area contributed by atoms with Crippen molar-refractivity contribution in [3.05, 3.63) is 56.6 Å². The summed E-state index contributed by atoms with van der Waals surface area (Å²) in [4.78, 5) is 4.28. The first-order valence-corrected chi connectivity index (χ1v) is 7.01. The highest BCUT2D eigenvalue weighted by molar-refractivity contribution is 9.11. The first kappa shape index (κ1) is 13.5. The Morgan fingerprint density at radius 3 is 2.39 bits per heavy atom. The van der Waals surface area contributed by atoms with Crippen molar-refractivity contribution in [3.63, 3.8) is 0 Å². The van der Waals surface area contributed by atoms with Gasteiger partial charge in [0.1, 0.15) is 5.82 Å². The van der Waals surface area contributed by atoms with E-state index in [9.17, 15) is 0 Å². The lowest BCUT2D eigenvalue weighted by molar-refractivity contribution is 0.282. The van der Waals surface area contributed by atoms with Crippen molar-refractivity contribution in [1.82, 2.24) is 4.98 Å². The molecule has 2 aromatic rings. The van der Waals surface area contributed by atoms with Gasteiger partial charge in [0.15, 0.2) is 0 Å². The molecule has 1 aromatic heterocycles. The number of aliphatic hydroxyl groups excluding tert-OH is 1. The molecule has 0 aliphatic heterocycles. The van der Waals surface area contributed by atoms with Crippen molar-refractivity contribution in [3.8, 4) is 0 Å². The quantitative estimate of drug-likeness (QED) is 0.860. The van der Waals surface area contributed by atoms with E-state index >= 15 is 0 Å². The maximum atomic E-state index is 8.96. The zero-order valence-corrected chi connectivity index (χ0v) is 12.7. The fourth-order valence-electron chi connectivity index (χ4n) is 1.49. The monoisotopic (exact) mass is 370 g/mol. The van der Waals surface area contributed by atoms with Gasteiger partial charge in [-0.25, -0.2) is 4.98 Å². The van der Waals surface area contributed by atoms with Crippen LogP contribution in [0.4, 0.5) is 5.82 Å². The lowest BCUT2D eigenvalue weighted by Gasteiger charge is -2.08. The number of aromatic nitrogens is 1. The smallest absolute Gasteiger partial charge is 0.140 e. The minimum Gasteiger partial charge on any atom is -0.392 e. The SMILES string of the molecule is OCc1ccc(CNc2ncc(Br)cc2Br)cc1. The van der Waals surface area contributed by atoms with Gasteiger partial charge >= 0.3 is 0 Å². The van der Waals surface area contributed by atoms with E-state index in [1.807, 2.05) is 30.3 Å². The van der Waals surface area contributed by atoms with Gasteiger partial charge in [-0.05, 0) is 49.1 Å². The molecule has 3 nitrogen and oxygen atoms in total. The molecule has 0 spiro atoms. The van der Waals surface area contributed by atoms with Crippen LogP contribution in [0.2, 0.25) is 0 Å². The third kappa shape index (κ3) is 3.54. The number of benzene rings is 1. The molecule has 2 rings (SSSR count). The zero-order chi connectivity index (χ0) is 13.0. The summed E-state index contributed by atoms with van der Waals surface area (Å²) in [5.74, 6) is 0.810. The van der Waals surface area contributed by atoms with Crippen LogP contribution in [-0.2, 0) is 13.2 Å². The Labute approximate surface area is 123 Å². The number of aliphatic hydroxyl groups is 1. The lowest BCUT2D eigenvalue weighted by atomic mass is 10.1. The molecule has 0 atom stereocenters. The van der Waals surface area contributed by atoms with Gasteiger partial charge in [-0.2, -0.15) is 0 Å². The third-order valence-electron chi connectivity index (χ3n) is 2.47. The predicted molar refractivity (Wildman–Crippen MR) is 79.3 cm³/mol. The highest BCUT2D eigenvalue weighted by Gasteiger charge is 2.02. The second-order valence-electron chi connectivity index (χ2n) is 3.81. The van der Waals surface area contributed by atoms with Crippen LogP contribution < -0.4 is 5.32 Å². The number of hydrogen-bond acceptors (Lipinski definition) is 3. The number of halogens is 2. The van der Waals surface area contributed by atoms with Gasteiger partial charge < -0.3 is 10.4 Å². The van der Waals surface area contributed by atoms with Crippen molar-refractivity contribution < 1.29 is 5.11 Å². The Bertz CT molecular complexity index is 529. The lowest BCUT2D eigenvalue weighted by Crippen LogP contribution is -2.02. The molecule has 1 heterocycles. The number of nitrogens with one attached hydrogen (secondary N) is 1. The molecule has 94 valence electrons. The second kappa shape index (κ2) is 6.31. The van der Waals surface area contributed by atoms with Gasteiger partial charge in [-0.1, -0.05) is 24.3 Å². The van der Waals surface area contributed by atoms with E-state index < -0.39 is 0 Å². The van der Waals surface area contributed by atoms with Crippen molar-refractivity contribution >= 4 is 37.7 Å².